The number of rotatable bonds is 4. The predicted molar refractivity (Wildman–Crippen MR) is 69.7 cm³/mol. The number of hydrogen-bond donors (Lipinski definition) is 1. The third kappa shape index (κ3) is 3.67. The molecule has 0 unspecified atom stereocenters. The number of benzene rings is 2. The number of ether oxygens (including phenoxy) is 1. The van der Waals surface area contributed by atoms with Gasteiger partial charge in [-0.3, -0.25) is 0 Å². The molecule has 1 N–H and O–H groups in total. The van der Waals surface area contributed by atoms with Crippen molar-refractivity contribution in [2.45, 2.75) is 0 Å². The van der Waals surface area contributed by atoms with E-state index in [-0.39, 0.29) is 0 Å². The minimum atomic E-state index is -1.59. The Morgan fingerprint density at radius 3 is 2.42 bits per heavy atom. The average Bonchev–Trinajstić information content (AvgIpc) is 2.40. The van der Waals surface area contributed by atoms with E-state index in [1.54, 1.807) is 36.4 Å². The summed E-state index contributed by atoms with van der Waals surface area (Å²) in [5.41, 5.74) is 0.424. The van der Waals surface area contributed by atoms with Crippen molar-refractivity contribution in [3.05, 3.63) is 66.0 Å². The fraction of sp³-hybridized carbons (Fsp3) is 0. The van der Waals surface area contributed by atoms with Crippen LogP contribution in [0.15, 0.2) is 60.4 Å². The molecule has 2 rings (SSSR count). The molecule has 0 fully saturated rings. The highest BCUT2D eigenvalue weighted by atomic mass is 19.1. The van der Waals surface area contributed by atoms with Crippen LogP contribution >= 0.6 is 0 Å². The van der Waals surface area contributed by atoms with Gasteiger partial charge >= 0.3 is 5.97 Å². The third-order valence-corrected chi connectivity index (χ3v) is 2.33. The topological polar surface area (TPSA) is 46.5 Å². The van der Waals surface area contributed by atoms with Gasteiger partial charge in [0.2, 0.25) is 5.83 Å². The second-order valence-corrected chi connectivity index (χ2v) is 3.79. The molecule has 0 aliphatic carbocycles. The third-order valence-electron chi connectivity index (χ3n) is 2.33. The van der Waals surface area contributed by atoms with Crippen molar-refractivity contribution in [3.8, 4) is 11.5 Å². The fourth-order valence-corrected chi connectivity index (χ4v) is 1.50. The minimum Gasteiger partial charge on any atom is -0.476 e. The second-order valence-electron chi connectivity index (χ2n) is 3.79. The SMILES string of the molecule is O=C(O)C(F)=Cc1cccc(Oc2ccccc2)c1. The van der Waals surface area contributed by atoms with Gasteiger partial charge in [-0.05, 0) is 35.9 Å². The molecule has 0 spiro atoms. The van der Waals surface area contributed by atoms with Gasteiger partial charge in [-0.1, -0.05) is 30.3 Å². The molecule has 0 atom stereocenters. The number of hydrogen-bond acceptors (Lipinski definition) is 2. The molecule has 0 bridgehead atoms. The number of carbonyl (C=O) groups is 1. The molecule has 2 aromatic carbocycles. The number of carboxylic acid groups (broad SMARTS) is 1. The molecule has 3 nitrogen and oxygen atoms in total. The van der Waals surface area contributed by atoms with Gasteiger partial charge in [0.15, 0.2) is 0 Å². The van der Waals surface area contributed by atoms with E-state index in [9.17, 15) is 9.18 Å². The number of carboxylic acids is 1. The van der Waals surface area contributed by atoms with Gasteiger partial charge in [0.1, 0.15) is 11.5 Å². The van der Waals surface area contributed by atoms with Crippen molar-refractivity contribution in [1.29, 1.82) is 0 Å². The van der Waals surface area contributed by atoms with Crippen LogP contribution in [0, 0.1) is 0 Å². The van der Waals surface area contributed by atoms with Crippen LogP contribution in [-0.4, -0.2) is 11.1 Å². The van der Waals surface area contributed by atoms with Crippen LogP contribution in [0.5, 0.6) is 11.5 Å². The molecule has 0 aliphatic rings. The van der Waals surface area contributed by atoms with E-state index in [4.69, 9.17) is 9.84 Å². The summed E-state index contributed by atoms with van der Waals surface area (Å²) in [6.45, 7) is 0. The summed E-state index contributed by atoms with van der Waals surface area (Å²) in [4.78, 5) is 10.4. The molecule has 0 aliphatic heterocycles. The van der Waals surface area contributed by atoms with E-state index in [2.05, 4.69) is 0 Å². The Balaban J connectivity index is 2.20. The summed E-state index contributed by atoms with van der Waals surface area (Å²) in [6.07, 6.45) is 0.945. The Hall–Kier alpha value is -2.62. The molecule has 0 saturated carbocycles. The zero-order chi connectivity index (χ0) is 13.7. The normalized spacial score (nSPS) is 11.1. The van der Waals surface area contributed by atoms with E-state index in [1.807, 2.05) is 18.2 Å². The van der Waals surface area contributed by atoms with Gasteiger partial charge in [0.25, 0.3) is 0 Å². The first-order valence-corrected chi connectivity index (χ1v) is 5.58. The van der Waals surface area contributed by atoms with Crippen LogP contribution in [0.25, 0.3) is 6.08 Å². The molecular formula is C15H11FO3. The summed E-state index contributed by atoms with van der Waals surface area (Å²) >= 11 is 0. The molecular weight excluding hydrogens is 247 g/mol. The van der Waals surface area contributed by atoms with E-state index < -0.39 is 11.8 Å². The van der Waals surface area contributed by atoms with Crippen molar-refractivity contribution in [3.63, 3.8) is 0 Å². The maximum absolute atomic E-state index is 13.0. The Labute approximate surface area is 109 Å². The Morgan fingerprint density at radius 2 is 1.74 bits per heavy atom. The van der Waals surface area contributed by atoms with Gasteiger partial charge in [0, 0.05) is 0 Å². The van der Waals surface area contributed by atoms with Gasteiger partial charge in [-0.25, -0.2) is 4.79 Å². The first-order chi connectivity index (χ1) is 9.15. The largest absolute Gasteiger partial charge is 0.476 e. The molecule has 0 heterocycles. The molecule has 0 radical (unpaired) electrons. The monoisotopic (exact) mass is 258 g/mol. The van der Waals surface area contributed by atoms with Gasteiger partial charge < -0.3 is 9.84 Å². The average molecular weight is 258 g/mol. The summed E-state index contributed by atoms with van der Waals surface area (Å²) in [5.74, 6) is -1.63. The van der Waals surface area contributed by atoms with Crippen LogP contribution in [0.3, 0.4) is 0 Å². The smallest absolute Gasteiger partial charge is 0.364 e. The molecule has 0 amide bonds. The molecule has 96 valence electrons. The standard InChI is InChI=1S/C15H11FO3/c16-14(15(17)18)10-11-5-4-8-13(9-11)19-12-6-2-1-3-7-12/h1-10H,(H,17,18). The van der Waals surface area contributed by atoms with Crippen LogP contribution < -0.4 is 4.74 Å². The van der Waals surface area contributed by atoms with Crippen molar-refractivity contribution in [2.24, 2.45) is 0 Å². The van der Waals surface area contributed by atoms with Gasteiger partial charge in [0.05, 0.1) is 0 Å². The van der Waals surface area contributed by atoms with Gasteiger partial charge in [-0.15, -0.1) is 0 Å². The molecule has 2 aromatic rings. The summed E-state index contributed by atoms with van der Waals surface area (Å²) < 4.78 is 18.6. The first kappa shape index (κ1) is 12.8. The maximum Gasteiger partial charge on any atom is 0.364 e. The van der Waals surface area contributed by atoms with Crippen LogP contribution in [0.2, 0.25) is 0 Å². The van der Waals surface area contributed by atoms with Crippen LogP contribution in [0.4, 0.5) is 4.39 Å². The van der Waals surface area contributed by atoms with E-state index in [0.717, 1.165) is 6.08 Å². The van der Waals surface area contributed by atoms with Gasteiger partial charge in [-0.2, -0.15) is 4.39 Å². The Kier molecular flexibility index (Phi) is 3.93. The van der Waals surface area contributed by atoms with Crippen molar-refractivity contribution in [1.82, 2.24) is 0 Å². The lowest BCUT2D eigenvalue weighted by Crippen LogP contribution is -1.94. The molecule has 19 heavy (non-hydrogen) atoms. The molecule has 0 aromatic heterocycles. The number of aliphatic carboxylic acids is 1. The molecule has 4 heteroatoms. The summed E-state index contributed by atoms with van der Waals surface area (Å²) in [6, 6.07) is 15.7. The maximum atomic E-state index is 13.0. The van der Waals surface area contributed by atoms with Crippen molar-refractivity contribution in [2.75, 3.05) is 0 Å². The van der Waals surface area contributed by atoms with Crippen molar-refractivity contribution >= 4 is 12.0 Å². The second kappa shape index (κ2) is 5.82. The highest BCUT2D eigenvalue weighted by Crippen LogP contribution is 2.22. The molecule has 0 saturated heterocycles. The van der Waals surface area contributed by atoms with E-state index in [0.29, 0.717) is 17.1 Å². The lowest BCUT2D eigenvalue weighted by Gasteiger charge is -2.05. The van der Waals surface area contributed by atoms with Crippen LogP contribution in [-0.2, 0) is 4.79 Å². The zero-order valence-electron chi connectivity index (χ0n) is 9.92. The quantitative estimate of drug-likeness (QED) is 0.846. The number of para-hydroxylation sites is 1. The van der Waals surface area contributed by atoms with Crippen LogP contribution in [0.1, 0.15) is 5.56 Å². The summed E-state index contributed by atoms with van der Waals surface area (Å²) in [5, 5.41) is 8.47. The Bertz CT molecular complexity index is 606. The van der Waals surface area contributed by atoms with E-state index in [1.165, 1.54) is 0 Å². The minimum absolute atomic E-state index is 0.424. The van der Waals surface area contributed by atoms with Crippen molar-refractivity contribution < 1.29 is 19.0 Å². The zero-order valence-corrected chi connectivity index (χ0v) is 9.92. The Morgan fingerprint density at radius 1 is 1.05 bits per heavy atom. The predicted octanol–water partition coefficient (Wildman–Crippen LogP) is 3.87. The lowest BCUT2D eigenvalue weighted by molar-refractivity contribution is -0.134. The highest BCUT2D eigenvalue weighted by molar-refractivity contribution is 5.89. The fourth-order valence-electron chi connectivity index (χ4n) is 1.50. The van der Waals surface area contributed by atoms with E-state index >= 15 is 0 Å². The highest BCUT2D eigenvalue weighted by Gasteiger charge is 2.05. The first-order valence-electron chi connectivity index (χ1n) is 5.58. The summed E-state index contributed by atoms with van der Waals surface area (Å²) in [7, 11) is 0. The number of halogens is 1. The lowest BCUT2D eigenvalue weighted by atomic mass is 10.2.